The monoisotopic (exact) mass is 319 g/mol. The van der Waals surface area contributed by atoms with Gasteiger partial charge in [0.1, 0.15) is 0 Å². The molecule has 7 nitrogen and oxygen atoms in total. The maximum absolute atomic E-state index is 12.2. The highest BCUT2D eigenvalue weighted by Gasteiger charge is 2.21. The van der Waals surface area contributed by atoms with E-state index in [4.69, 9.17) is 9.47 Å². The van der Waals surface area contributed by atoms with Crippen LogP contribution in [0.5, 0.6) is 5.75 Å². The molecule has 0 bridgehead atoms. The minimum absolute atomic E-state index is 0.00592. The van der Waals surface area contributed by atoms with E-state index in [0.717, 1.165) is 19.5 Å². The third-order valence-electron chi connectivity index (χ3n) is 3.98. The van der Waals surface area contributed by atoms with E-state index in [-0.39, 0.29) is 17.4 Å². The Hall–Kier alpha value is -1.96. The molecule has 3 heterocycles. The van der Waals surface area contributed by atoms with Crippen LogP contribution in [-0.2, 0) is 16.0 Å². The summed E-state index contributed by atoms with van der Waals surface area (Å²) in [5.41, 5.74) is 0.758. The normalized spacial score (nSPS) is 19.3. The van der Waals surface area contributed by atoms with Crippen LogP contribution in [0.2, 0.25) is 0 Å². The van der Waals surface area contributed by atoms with Gasteiger partial charge >= 0.3 is 0 Å². The molecular formula is C16H21N3O4. The van der Waals surface area contributed by atoms with Crippen LogP contribution in [0, 0.1) is 0 Å². The molecule has 0 amide bonds. The molecule has 23 heavy (non-hydrogen) atoms. The summed E-state index contributed by atoms with van der Waals surface area (Å²) < 4.78 is 12.2. The summed E-state index contributed by atoms with van der Waals surface area (Å²) in [7, 11) is 1.68. The van der Waals surface area contributed by atoms with Crippen molar-refractivity contribution in [2.24, 2.45) is 0 Å². The fourth-order valence-corrected chi connectivity index (χ4v) is 2.82. The maximum Gasteiger partial charge on any atom is 0.258 e. The van der Waals surface area contributed by atoms with Crippen LogP contribution in [0.25, 0.3) is 5.65 Å². The molecule has 2 aromatic heterocycles. The molecule has 1 saturated heterocycles. The summed E-state index contributed by atoms with van der Waals surface area (Å²) in [6, 6.07) is 4.67. The minimum atomic E-state index is -0.190. The van der Waals surface area contributed by atoms with Gasteiger partial charge in [0, 0.05) is 45.6 Å². The number of pyridine rings is 1. The van der Waals surface area contributed by atoms with Crippen LogP contribution in [0.4, 0.5) is 0 Å². The largest absolute Gasteiger partial charge is 0.504 e. The number of aromatic nitrogens is 2. The quantitative estimate of drug-likeness (QED) is 0.871. The van der Waals surface area contributed by atoms with E-state index < -0.39 is 0 Å². The van der Waals surface area contributed by atoms with Crippen molar-refractivity contribution < 1.29 is 14.6 Å². The molecular weight excluding hydrogens is 298 g/mol. The second kappa shape index (κ2) is 7.08. The number of aromatic hydroxyl groups is 1. The lowest BCUT2D eigenvalue weighted by Gasteiger charge is -2.32. The van der Waals surface area contributed by atoms with Gasteiger partial charge in [0.25, 0.3) is 5.56 Å². The Balaban J connectivity index is 1.76. The molecule has 0 spiro atoms. The minimum Gasteiger partial charge on any atom is -0.504 e. The third kappa shape index (κ3) is 3.69. The van der Waals surface area contributed by atoms with E-state index in [1.54, 1.807) is 19.4 Å². The predicted molar refractivity (Wildman–Crippen MR) is 84.6 cm³/mol. The Labute approximate surface area is 134 Å². The van der Waals surface area contributed by atoms with E-state index in [1.165, 1.54) is 16.5 Å². The zero-order chi connectivity index (χ0) is 16.2. The fraction of sp³-hybridized carbons (Fsp3) is 0.500. The molecule has 0 radical (unpaired) electrons. The third-order valence-corrected chi connectivity index (χ3v) is 3.98. The molecule has 1 atom stereocenters. The summed E-state index contributed by atoms with van der Waals surface area (Å²) in [4.78, 5) is 18.8. The highest BCUT2D eigenvalue weighted by molar-refractivity contribution is 5.52. The first-order valence-electron chi connectivity index (χ1n) is 7.70. The molecule has 0 saturated carbocycles. The van der Waals surface area contributed by atoms with Crippen molar-refractivity contribution in [3.05, 3.63) is 40.4 Å². The molecule has 2 aromatic rings. The van der Waals surface area contributed by atoms with Crippen molar-refractivity contribution in [3.63, 3.8) is 0 Å². The van der Waals surface area contributed by atoms with E-state index in [0.29, 0.717) is 31.1 Å². The number of methoxy groups -OCH3 is 1. The van der Waals surface area contributed by atoms with Crippen molar-refractivity contribution in [2.45, 2.75) is 19.1 Å². The summed E-state index contributed by atoms with van der Waals surface area (Å²) in [5, 5.41) is 9.90. The van der Waals surface area contributed by atoms with E-state index in [2.05, 4.69) is 9.88 Å². The molecule has 0 unspecified atom stereocenters. The molecule has 7 heteroatoms. The highest BCUT2D eigenvalue weighted by Crippen LogP contribution is 2.15. The Morgan fingerprint density at radius 3 is 3.22 bits per heavy atom. The summed E-state index contributed by atoms with van der Waals surface area (Å²) >= 11 is 0. The number of ether oxygens (including phenoxy) is 2. The first-order valence-corrected chi connectivity index (χ1v) is 7.70. The van der Waals surface area contributed by atoms with Crippen molar-refractivity contribution in [2.75, 3.05) is 33.4 Å². The standard InChI is InChI=1S/C16H21N3O4/c1-22-7-4-13-11-18(6-8-23-13)10-12-9-15(21)19-5-2-3-14(20)16(19)17-12/h2-3,5,9,13,20H,4,6-8,10-11H2,1H3/t13-/m0/s1. The van der Waals surface area contributed by atoms with Gasteiger partial charge in [-0.15, -0.1) is 0 Å². The van der Waals surface area contributed by atoms with Crippen LogP contribution < -0.4 is 5.56 Å². The molecule has 0 aliphatic carbocycles. The molecule has 3 rings (SSSR count). The van der Waals surface area contributed by atoms with Gasteiger partial charge in [-0.1, -0.05) is 0 Å². The topological polar surface area (TPSA) is 76.3 Å². The van der Waals surface area contributed by atoms with Crippen LogP contribution >= 0.6 is 0 Å². The van der Waals surface area contributed by atoms with Gasteiger partial charge in [-0.05, 0) is 18.6 Å². The number of fused-ring (bicyclic) bond motifs is 1. The Morgan fingerprint density at radius 1 is 1.52 bits per heavy atom. The van der Waals surface area contributed by atoms with Gasteiger partial charge in [-0.3, -0.25) is 14.1 Å². The predicted octanol–water partition coefficient (Wildman–Crippen LogP) is 0.637. The molecule has 1 fully saturated rings. The van der Waals surface area contributed by atoms with Gasteiger partial charge in [0.2, 0.25) is 0 Å². The second-order valence-corrected chi connectivity index (χ2v) is 5.68. The number of rotatable bonds is 5. The maximum atomic E-state index is 12.2. The lowest BCUT2D eigenvalue weighted by molar-refractivity contribution is -0.0435. The van der Waals surface area contributed by atoms with Gasteiger partial charge in [0.15, 0.2) is 11.4 Å². The van der Waals surface area contributed by atoms with Crippen molar-refractivity contribution >= 4 is 5.65 Å². The number of hydrogen-bond acceptors (Lipinski definition) is 6. The molecule has 1 aliphatic heterocycles. The average Bonchev–Trinajstić information content (AvgIpc) is 2.54. The van der Waals surface area contributed by atoms with Crippen LogP contribution in [0.3, 0.4) is 0 Å². The lowest BCUT2D eigenvalue weighted by Crippen LogP contribution is -2.42. The van der Waals surface area contributed by atoms with Crippen LogP contribution in [-0.4, -0.2) is 58.9 Å². The Bertz CT molecular complexity index is 731. The van der Waals surface area contributed by atoms with Gasteiger partial charge in [-0.25, -0.2) is 4.98 Å². The van der Waals surface area contributed by atoms with Crippen molar-refractivity contribution in [1.29, 1.82) is 0 Å². The summed E-state index contributed by atoms with van der Waals surface area (Å²) in [6.07, 6.45) is 2.59. The number of hydrogen-bond donors (Lipinski definition) is 1. The number of morpholine rings is 1. The van der Waals surface area contributed by atoms with Gasteiger partial charge in [0.05, 0.1) is 18.4 Å². The SMILES string of the molecule is COCC[C@H]1CN(Cc2cc(=O)n3cccc(O)c3n2)CCO1. The van der Waals surface area contributed by atoms with Crippen molar-refractivity contribution in [3.8, 4) is 5.75 Å². The van der Waals surface area contributed by atoms with Crippen LogP contribution in [0.1, 0.15) is 12.1 Å². The Morgan fingerprint density at radius 2 is 2.39 bits per heavy atom. The van der Waals surface area contributed by atoms with E-state index in [9.17, 15) is 9.90 Å². The zero-order valence-electron chi connectivity index (χ0n) is 13.1. The zero-order valence-corrected chi connectivity index (χ0v) is 13.1. The molecule has 124 valence electrons. The lowest BCUT2D eigenvalue weighted by atomic mass is 10.2. The van der Waals surface area contributed by atoms with E-state index >= 15 is 0 Å². The fourth-order valence-electron chi connectivity index (χ4n) is 2.82. The van der Waals surface area contributed by atoms with Gasteiger partial charge < -0.3 is 14.6 Å². The van der Waals surface area contributed by atoms with Crippen LogP contribution in [0.15, 0.2) is 29.2 Å². The summed E-state index contributed by atoms with van der Waals surface area (Å²) in [5.74, 6) is 0.00592. The first-order chi connectivity index (χ1) is 11.2. The highest BCUT2D eigenvalue weighted by atomic mass is 16.5. The molecule has 1 aliphatic rings. The molecule has 1 N–H and O–H groups in total. The Kier molecular flexibility index (Phi) is 4.90. The smallest absolute Gasteiger partial charge is 0.258 e. The van der Waals surface area contributed by atoms with Gasteiger partial charge in [-0.2, -0.15) is 0 Å². The number of nitrogens with zero attached hydrogens (tertiary/aromatic N) is 3. The average molecular weight is 319 g/mol. The van der Waals surface area contributed by atoms with E-state index in [1.807, 2.05) is 0 Å². The second-order valence-electron chi connectivity index (χ2n) is 5.68. The first kappa shape index (κ1) is 15.9. The molecule has 0 aromatic carbocycles. The van der Waals surface area contributed by atoms with Crippen molar-refractivity contribution in [1.82, 2.24) is 14.3 Å². The summed E-state index contributed by atoms with van der Waals surface area (Å²) in [6.45, 7) is 3.47.